The van der Waals surface area contributed by atoms with Gasteiger partial charge in [-0.05, 0) is 26.0 Å². The number of aliphatic hydroxyl groups is 1. The molecule has 0 bridgehead atoms. The Bertz CT molecular complexity index is 260. The summed E-state index contributed by atoms with van der Waals surface area (Å²) < 4.78 is 0. The molecule has 0 aliphatic rings. The molecule has 0 radical (unpaired) electrons. The summed E-state index contributed by atoms with van der Waals surface area (Å²) in [4.78, 5) is 1.62. The molecule has 3 nitrogen and oxygen atoms in total. The molecule has 1 atom stereocenters. The zero-order valence-corrected chi connectivity index (χ0v) is 7.77. The third kappa shape index (κ3) is 1.97. The van der Waals surface area contributed by atoms with Gasteiger partial charge in [0, 0.05) is 4.88 Å². The Balaban J connectivity index is 2.79. The highest BCUT2D eigenvalue weighted by Gasteiger charge is 2.13. The van der Waals surface area contributed by atoms with Gasteiger partial charge in [0.25, 0.3) is 0 Å². The number of hydrogen-bond donors (Lipinski definition) is 3. The van der Waals surface area contributed by atoms with Crippen molar-refractivity contribution >= 4 is 11.3 Å². The van der Waals surface area contributed by atoms with Crippen molar-refractivity contribution in [2.45, 2.75) is 19.4 Å². The fraction of sp³-hybridized carbons (Fsp3) is 0.500. The lowest BCUT2D eigenvalue weighted by Crippen LogP contribution is -2.05. The highest BCUT2D eigenvalue weighted by atomic mass is 32.1. The van der Waals surface area contributed by atoms with Crippen molar-refractivity contribution in [1.82, 2.24) is 0 Å². The molecule has 4 N–H and O–H groups in total. The minimum atomic E-state index is -0.617. The summed E-state index contributed by atoms with van der Waals surface area (Å²) in [5.74, 6) is 0.179. The highest BCUT2D eigenvalue weighted by molar-refractivity contribution is 7.12. The molecule has 4 heteroatoms. The maximum Gasteiger partial charge on any atom is 0.132 e. The number of thiophene rings is 1. The van der Waals surface area contributed by atoms with Crippen LogP contribution < -0.4 is 5.73 Å². The van der Waals surface area contributed by atoms with Crippen LogP contribution in [0.2, 0.25) is 0 Å². The number of aryl methyl sites for hydroxylation is 1. The maximum atomic E-state index is 9.49. The summed E-state index contributed by atoms with van der Waals surface area (Å²) in [6.45, 7) is 2.32. The van der Waals surface area contributed by atoms with E-state index in [9.17, 15) is 10.2 Å². The van der Waals surface area contributed by atoms with Crippen molar-refractivity contribution in [2.24, 2.45) is 5.73 Å². The van der Waals surface area contributed by atoms with Gasteiger partial charge < -0.3 is 15.9 Å². The van der Waals surface area contributed by atoms with Gasteiger partial charge in [-0.2, -0.15) is 0 Å². The van der Waals surface area contributed by atoms with Crippen LogP contribution >= 0.6 is 11.3 Å². The second-order valence-corrected chi connectivity index (χ2v) is 3.99. The first-order valence-corrected chi connectivity index (χ1v) is 4.64. The van der Waals surface area contributed by atoms with E-state index in [1.807, 2.05) is 6.92 Å². The van der Waals surface area contributed by atoms with Gasteiger partial charge in [0.15, 0.2) is 0 Å². The maximum absolute atomic E-state index is 9.49. The van der Waals surface area contributed by atoms with E-state index in [2.05, 4.69) is 0 Å². The second kappa shape index (κ2) is 3.89. The van der Waals surface area contributed by atoms with Crippen LogP contribution in [0.1, 0.15) is 22.3 Å². The minimum absolute atomic E-state index is 0.179. The van der Waals surface area contributed by atoms with Gasteiger partial charge in [0.05, 0.1) is 11.0 Å². The normalized spacial score (nSPS) is 13.2. The van der Waals surface area contributed by atoms with Gasteiger partial charge >= 0.3 is 0 Å². The number of nitrogens with two attached hydrogens (primary N) is 1. The van der Waals surface area contributed by atoms with Crippen LogP contribution in [0.3, 0.4) is 0 Å². The molecular formula is C8H13NO2S. The molecule has 1 rings (SSSR count). The summed E-state index contributed by atoms with van der Waals surface area (Å²) in [6, 6.07) is 1.65. The fourth-order valence-corrected chi connectivity index (χ4v) is 1.98. The van der Waals surface area contributed by atoms with Gasteiger partial charge in [-0.25, -0.2) is 0 Å². The first-order chi connectivity index (χ1) is 5.65. The van der Waals surface area contributed by atoms with Crippen molar-refractivity contribution in [1.29, 1.82) is 0 Å². The summed E-state index contributed by atoms with van der Waals surface area (Å²) >= 11 is 1.41. The standard InChI is InChI=1S/C8H13NO2S/c1-5-4-7(11)8(12-5)6(10)2-3-9/h4,6,10-11H,2-3,9H2,1H3. The summed E-state index contributed by atoms with van der Waals surface area (Å²) in [5.41, 5.74) is 5.29. The van der Waals surface area contributed by atoms with Crippen LogP contribution in [0.4, 0.5) is 0 Å². The van der Waals surface area contributed by atoms with Crippen molar-refractivity contribution in [3.05, 3.63) is 15.8 Å². The Morgan fingerprint density at radius 1 is 1.67 bits per heavy atom. The lowest BCUT2D eigenvalue weighted by molar-refractivity contribution is 0.171. The van der Waals surface area contributed by atoms with Gasteiger partial charge in [0.2, 0.25) is 0 Å². The van der Waals surface area contributed by atoms with Gasteiger partial charge in [-0.1, -0.05) is 0 Å². The van der Waals surface area contributed by atoms with E-state index in [0.29, 0.717) is 17.8 Å². The number of rotatable bonds is 3. The molecule has 1 aromatic heterocycles. The molecule has 1 unspecified atom stereocenters. The van der Waals surface area contributed by atoms with Crippen LogP contribution in [0.15, 0.2) is 6.07 Å². The third-order valence-corrected chi connectivity index (χ3v) is 2.75. The van der Waals surface area contributed by atoms with Gasteiger partial charge in [-0.15, -0.1) is 11.3 Å². The van der Waals surface area contributed by atoms with Crippen molar-refractivity contribution < 1.29 is 10.2 Å². The molecule has 0 aliphatic heterocycles. The monoisotopic (exact) mass is 187 g/mol. The molecule has 0 saturated carbocycles. The SMILES string of the molecule is Cc1cc(O)c(C(O)CCN)s1. The third-order valence-electron chi connectivity index (χ3n) is 1.61. The molecule has 1 heterocycles. The van der Waals surface area contributed by atoms with Crippen LogP contribution in [0.5, 0.6) is 5.75 Å². The number of hydrogen-bond acceptors (Lipinski definition) is 4. The molecule has 68 valence electrons. The Morgan fingerprint density at radius 3 is 2.75 bits per heavy atom. The zero-order valence-electron chi connectivity index (χ0n) is 6.95. The van der Waals surface area contributed by atoms with Crippen molar-refractivity contribution in [3.8, 4) is 5.75 Å². The van der Waals surface area contributed by atoms with E-state index in [-0.39, 0.29) is 5.75 Å². The van der Waals surface area contributed by atoms with Crippen LogP contribution in [0, 0.1) is 6.92 Å². The van der Waals surface area contributed by atoms with Crippen molar-refractivity contribution in [2.75, 3.05) is 6.54 Å². The first-order valence-electron chi connectivity index (χ1n) is 3.82. The Kier molecular flexibility index (Phi) is 3.08. The summed E-state index contributed by atoms with van der Waals surface area (Å²) in [7, 11) is 0. The second-order valence-electron chi connectivity index (χ2n) is 2.70. The summed E-state index contributed by atoms with van der Waals surface area (Å²) in [6.07, 6.45) is -0.123. The average Bonchev–Trinajstić information content (AvgIpc) is 2.30. The molecule has 1 aromatic rings. The van der Waals surface area contributed by atoms with E-state index in [1.54, 1.807) is 6.07 Å². The van der Waals surface area contributed by atoms with Crippen LogP contribution in [0.25, 0.3) is 0 Å². The number of aliphatic hydroxyl groups excluding tert-OH is 1. The Hall–Kier alpha value is -0.580. The zero-order chi connectivity index (χ0) is 9.14. The van der Waals surface area contributed by atoms with Gasteiger partial charge in [0.1, 0.15) is 5.75 Å². The highest BCUT2D eigenvalue weighted by Crippen LogP contribution is 2.34. The Morgan fingerprint density at radius 2 is 2.33 bits per heavy atom. The topological polar surface area (TPSA) is 66.5 Å². The molecule has 0 aromatic carbocycles. The summed E-state index contributed by atoms with van der Waals surface area (Å²) in [5, 5.41) is 18.8. The molecule has 0 spiro atoms. The van der Waals surface area contributed by atoms with Crippen molar-refractivity contribution in [3.63, 3.8) is 0 Å². The molecule has 12 heavy (non-hydrogen) atoms. The fourth-order valence-electron chi connectivity index (χ4n) is 1.05. The van der Waals surface area contributed by atoms with Crippen LogP contribution in [-0.2, 0) is 0 Å². The Labute approximate surface area is 75.5 Å². The lowest BCUT2D eigenvalue weighted by atomic mass is 10.2. The van der Waals surface area contributed by atoms with Gasteiger partial charge in [-0.3, -0.25) is 0 Å². The average molecular weight is 187 g/mol. The van der Waals surface area contributed by atoms with E-state index in [0.717, 1.165) is 4.88 Å². The molecule has 0 amide bonds. The molecular weight excluding hydrogens is 174 g/mol. The molecule has 0 aliphatic carbocycles. The van der Waals surface area contributed by atoms with E-state index in [4.69, 9.17) is 5.73 Å². The van der Waals surface area contributed by atoms with E-state index < -0.39 is 6.10 Å². The lowest BCUT2D eigenvalue weighted by Gasteiger charge is -2.06. The molecule has 0 saturated heterocycles. The molecule has 0 fully saturated rings. The predicted molar refractivity (Wildman–Crippen MR) is 49.4 cm³/mol. The number of aromatic hydroxyl groups is 1. The quantitative estimate of drug-likeness (QED) is 0.665. The van der Waals surface area contributed by atoms with E-state index >= 15 is 0 Å². The minimum Gasteiger partial charge on any atom is -0.507 e. The predicted octanol–water partition coefficient (Wildman–Crippen LogP) is 1.14. The smallest absolute Gasteiger partial charge is 0.132 e. The van der Waals surface area contributed by atoms with E-state index in [1.165, 1.54) is 11.3 Å². The van der Waals surface area contributed by atoms with Crippen LogP contribution in [-0.4, -0.2) is 16.8 Å². The first kappa shape index (κ1) is 9.51. The largest absolute Gasteiger partial charge is 0.507 e.